The SMILES string of the molecule is NC(=O)c1ncccc1-c1cnc2scnn12. The first-order valence-corrected chi connectivity index (χ1v) is 5.68. The van der Waals surface area contributed by atoms with Crippen LogP contribution in [0.4, 0.5) is 0 Å². The van der Waals surface area contributed by atoms with Crippen LogP contribution in [-0.4, -0.2) is 25.5 Å². The number of nitrogens with zero attached hydrogens (tertiary/aromatic N) is 4. The lowest BCUT2D eigenvalue weighted by molar-refractivity contribution is 0.0996. The number of aromatic nitrogens is 4. The lowest BCUT2D eigenvalue weighted by atomic mass is 10.1. The highest BCUT2D eigenvalue weighted by Crippen LogP contribution is 2.23. The fourth-order valence-corrected chi connectivity index (χ4v) is 2.23. The average Bonchev–Trinajstić information content (AvgIpc) is 2.90. The molecular weight excluding hydrogens is 238 g/mol. The molecule has 84 valence electrons. The zero-order chi connectivity index (χ0) is 11.8. The van der Waals surface area contributed by atoms with Crippen LogP contribution in [0.1, 0.15) is 10.5 Å². The molecule has 3 aromatic rings. The van der Waals surface area contributed by atoms with Crippen molar-refractivity contribution in [3.8, 4) is 11.3 Å². The lowest BCUT2D eigenvalue weighted by Crippen LogP contribution is -2.14. The molecule has 0 saturated heterocycles. The number of primary amides is 1. The molecule has 0 radical (unpaired) electrons. The Morgan fingerprint density at radius 3 is 3.12 bits per heavy atom. The predicted molar refractivity (Wildman–Crippen MR) is 62.6 cm³/mol. The van der Waals surface area contributed by atoms with Gasteiger partial charge in [0.2, 0.25) is 4.96 Å². The molecule has 3 heterocycles. The number of hydrogen-bond donors (Lipinski definition) is 1. The average molecular weight is 245 g/mol. The molecule has 7 heteroatoms. The molecule has 2 N–H and O–H groups in total. The van der Waals surface area contributed by atoms with E-state index in [9.17, 15) is 4.79 Å². The third kappa shape index (κ3) is 1.48. The first-order chi connectivity index (χ1) is 8.27. The molecule has 3 rings (SSSR count). The first kappa shape index (κ1) is 9.91. The largest absolute Gasteiger partial charge is 0.364 e. The van der Waals surface area contributed by atoms with Crippen LogP contribution in [0.15, 0.2) is 30.0 Å². The minimum Gasteiger partial charge on any atom is -0.364 e. The van der Waals surface area contributed by atoms with Crippen molar-refractivity contribution in [3.05, 3.63) is 35.7 Å². The molecule has 0 unspecified atom stereocenters. The number of hydrogen-bond acceptors (Lipinski definition) is 5. The van der Waals surface area contributed by atoms with Gasteiger partial charge < -0.3 is 5.73 Å². The molecule has 0 aromatic carbocycles. The monoisotopic (exact) mass is 245 g/mol. The van der Waals surface area contributed by atoms with Crippen molar-refractivity contribution in [3.63, 3.8) is 0 Å². The van der Waals surface area contributed by atoms with Gasteiger partial charge in [0.15, 0.2) is 0 Å². The third-order valence-corrected chi connectivity index (χ3v) is 3.03. The second kappa shape index (κ2) is 3.63. The van der Waals surface area contributed by atoms with E-state index >= 15 is 0 Å². The van der Waals surface area contributed by atoms with E-state index in [0.717, 1.165) is 4.96 Å². The quantitative estimate of drug-likeness (QED) is 0.728. The van der Waals surface area contributed by atoms with Crippen molar-refractivity contribution in [1.29, 1.82) is 0 Å². The Bertz CT molecular complexity index is 701. The van der Waals surface area contributed by atoms with Crippen LogP contribution in [0.5, 0.6) is 0 Å². The maximum absolute atomic E-state index is 11.3. The number of rotatable bonds is 2. The fraction of sp³-hybridized carbons (Fsp3) is 0. The summed E-state index contributed by atoms with van der Waals surface area (Å²) in [5, 5.41) is 4.15. The summed E-state index contributed by atoms with van der Waals surface area (Å²) in [4.78, 5) is 20.2. The summed E-state index contributed by atoms with van der Waals surface area (Å²) < 4.78 is 1.66. The van der Waals surface area contributed by atoms with Gasteiger partial charge in [-0.3, -0.25) is 9.78 Å². The van der Waals surface area contributed by atoms with Gasteiger partial charge in [-0.25, -0.2) is 9.50 Å². The normalized spacial score (nSPS) is 10.8. The van der Waals surface area contributed by atoms with E-state index in [1.807, 2.05) is 0 Å². The predicted octanol–water partition coefficient (Wildman–Crippen LogP) is 0.952. The summed E-state index contributed by atoms with van der Waals surface area (Å²) in [5.74, 6) is -0.564. The van der Waals surface area contributed by atoms with Crippen LogP contribution in [0.2, 0.25) is 0 Å². The molecule has 0 bridgehead atoms. The van der Waals surface area contributed by atoms with Crippen LogP contribution in [-0.2, 0) is 0 Å². The zero-order valence-corrected chi connectivity index (χ0v) is 9.39. The molecule has 0 aliphatic heterocycles. The second-order valence-corrected chi connectivity index (χ2v) is 4.15. The summed E-state index contributed by atoms with van der Waals surface area (Å²) >= 11 is 1.42. The summed E-state index contributed by atoms with van der Waals surface area (Å²) in [6.07, 6.45) is 3.19. The molecule has 0 saturated carbocycles. The van der Waals surface area contributed by atoms with Crippen molar-refractivity contribution in [1.82, 2.24) is 19.6 Å². The first-order valence-electron chi connectivity index (χ1n) is 4.80. The molecule has 0 atom stereocenters. The maximum atomic E-state index is 11.3. The van der Waals surface area contributed by atoms with Crippen molar-refractivity contribution in [2.75, 3.05) is 0 Å². The second-order valence-electron chi connectivity index (χ2n) is 3.34. The molecule has 3 aromatic heterocycles. The maximum Gasteiger partial charge on any atom is 0.268 e. The topological polar surface area (TPSA) is 86.2 Å². The van der Waals surface area contributed by atoms with Gasteiger partial charge in [-0.2, -0.15) is 5.10 Å². The fourth-order valence-electron chi connectivity index (χ4n) is 1.63. The van der Waals surface area contributed by atoms with Gasteiger partial charge in [-0.05, 0) is 12.1 Å². The van der Waals surface area contributed by atoms with Gasteiger partial charge >= 0.3 is 0 Å². The van der Waals surface area contributed by atoms with Gasteiger partial charge in [0, 0.05) is 11.8 Å². The third-order valence-electron chi connectivity index (χ3n) is 2.34. The molecule has 0 aliphatic rings. The minimum absolute atomic E-state index is 0.224. The molecular formula is C10H7N5OS. The lowest BCUT2D eigenvalue weighted by Gasteiger charge is -2.02. The molecule has 0 spiro atoms. The Balaban J connectivity index is 2.29. The number of fused-ring (bicyclic) bond motifs is 1. The number of carbonyl (C=O) groups excluding carboxylic acids is 1. The van der Waals surface area contributed by atoms with Crippen LogP contribution >= 0.6 is 11.3 Å². The Kier molecular flexibility index (Phi) is 2.12. The van der Waals surface area contributed by atoms with E-state index in [4.69, 9.17) is 5.73 Å². The van der Waals surface area contributed by atoms with Crippen molar-refractivity contribution < 1.29 is 4.79 Å². The molecule has 0 aliphatic carbocycles. The zero-order valence-electron chi connectivity index (χ0n) is 8.57. The number of amides is 1. The summed E-state index contributed by atoms with van der Waals surface area (Å²) in [6, 6.07) is 3.52. The number of nitrogens with two attached hydrogens (primary N) is 1. The Morgan fingerprint density at radius 1 is 1.41 bits per heavy atom. The van der Waals surface area contributed by atoms with Gasteiger partial charge in [0.05, 0.1) is 11.9 Å². The molecule has 1 amide bonds. The van der Waals surface area contributed by atoms with E-state index < -0.39 is 5.91 Å². The highest BCUT2D eigenvalue weighted by molar-refractivity contribution is 7.14. The minimum atomic E-state index is -0.564. The summed E-state index contributed by atoms with van der Waals surface area (Å²) in [6.45, 7) is 0. The van der Waals surface area contributed by atoms with Crippen molar-refractivity contribution in [2.24, 2.45) is 5.73 Å². The smallest absolute Gasteiger partial charge is 0.268 e. The van der Waals surface area contributed by atoms with Crippen LogP contribution < -0.4 is 5.73 Å². The molecule has 0 fully saturated rings. The summed E-state index contributed by atoms with van der Waals surface area (Å²) in [5.41, 5.74) is 8.55. The van der Waals surface area contributed by atoms with Gasteiger partial charge in [-0.15, -0.1) is 0 Å². The number of carbonyl (C=O) groups is 1. The number of pyridine rings is 1. The highest BCUT2D eigenvalue weighted by Gasteiger charge is 2.15. The Hall–Kier alpha value is -2.28. The summed E-state index contributed by atoms with van der Waals surface area (Å²) in [7, 11) is 0. The van der Waals surface area contributed by atoms with Gasteiger partial charge in [-0.1, -0.05) is 11.3 Å². The van der Waals surface area contributed by atoms with Gasteiger partial charge in [0.25, 0.3) is 5.91 Å². The van der Waals surface area contributed by atoms with E-state index in [2.05, 4.69) is 15.1 Å². The van der Waals surface area contributed by atoms with Crippen molar-refractivity contribution >= 4 is 22.2 Å². The van der Waals surface area contributed by atoms with E-state index in [1.54, 1.807) is 28.4 Å². The van der Waals surface area contributed by atoms with Crippen LogP contribution in [0.25, 0.3) is 16.2 Å². The van der Waals surface area contributed by atoms with E-state index in [-0.39, 0.29) is 5.69 Å². The highest BCUT2D eigenvalue weighted by atomic mass is 32.1. The molecule has 17 heavy (non-hydrogen) atoms. The Morgan fingerprint density at radius 2 is 2.29 bits per heavy atom. The Labute approximate surface area is 99.7 Å². The van der Waals surface area contributed by atoms with Crippen LogP contribution in [0, 0.1) is 0 Å². The number of imidazole rings is 1. The van der Waals surface area contributed by atoms with Crippen LogP contribution in [0.3, 0.4) is 0 Å². The molecule has 6 nitrogen and oxygen atoms in total. The van der Waals surface area contributed by atoms with E-state index in [1.165, 1.54) is 17.5 Å². The van der Waals surface area contributed by atoms with Gasteiger partial charge in [0.1, 0.15) is 11.2 Å². The van der Waals surface area contributed by atoms with E-state index in [0.29, 0.717) is 11.3 Å². The standard InChI is InChI=1S/C10H7N5OS/c11-9(16)8-6(2-1-3-12-8)7-4-13-10-15(7)14-5-17-10/h1-5H,(H2,11,16). The van der Waals surface area contributed by atoms with Crippen molar-refractivity contribution in [2.45, 2.75) is 0 Å².